The number of rotatable bonds is 2. The molecule has 3 nitrogen and oxygen atoms in total. The van der Waals surface area contributed by atoms with E-state index in [1.807, 2.05) is 35.9 Å². The smallest absolute Gasteiger partial charge is 0.0991 e. The molecular formula is C20H23N3. The van der Waals surface area contributed by atoms with Crippen LogP contribution in [0.15, 0.2) is 35.9 Å². The van der Waals surface area contributed by atoms with Crippen LogP contribution in [-0.4, -0.2) is 9.78 Å². The van der Waals surface area contributed by atoms with E-state index in [-0.39, 0.29) is 5.41 Å². The molecule has 0 amide bonds. The first-order valence-electron chi connectivity index (χ1n) is 8.20. The highest BCUT2D eigenvalue weighted by molar-refractivity contribution is 5.72. The molecule has 0 unspecified atom stereocenters. The molecule has 0 saturated carbocycles. The predicted molar refractivity (Wildman–Crippen MR) is 93.2 cm³/mol. The molecule has 0 atom stereocenters. The third kappa shape index (κ3) is 2.82. The number of aromatic nitrogens is 2. The van der Waals surface area contributed by atoms with Crippen LogP contribution in [0.1, 0.15) is 57.0 Å². The molecule has 0 aliphatic heterocycles. The van der Waals surface area contributed by atoms with E-state index < -0.39 is 0 Å². The topological polar surface area (TPSA) is 41.6 Å². The number of nitrogens with zero attached hydrogens (tertiary/aromatic N) is 3. The Morgan fingerprint density at radius 1 is 1.17 bits per heavy atom. The molecule has 0 fully saturated rings. The van der Waals surface area contributed by atoms with Crippen LogP contribution in [-0.2, 0) is 0 Å². The lowest BCUT2D eigenvalue weighted by Gasteiger charge is -2.34. The van der Waals surface area contributed by atoms with Crippen LogP contribution in [0.25, 0.3) is 11.3 Å². The van der Waals surface area contributed by atoms with Gasteiger partial charge < -0.3 is 0 Å². The number of allylic oxidation sites excluding steroid dienone is 2. The summed E-state index contributed by atoms with van der Waals surface area (Å²) in [4.78, 5) is 0. The van der Waals surface area contributed by atoms with Gasteiger partial charge in [-0.15, -0.1) is 0 Å². The van der Waals surface area contributed by atoms with Gasteiger partial charge in [-0.3, -0.25) is 0 Å². The van der Waals surface area contributed by atoms with E-state index in [1.165, 1.54) is 29.7 Å². The van der Waals surface area contributed by atoms with Crippen molar-refractivity contribution in [2.24, 2.45) is 5.41 Å². The number of aryl methyl sites for hydroxylation is 1. The third-order valence-electron chi connectivity index (χ3n) is 4.79. The summed E-state index contributed by atoms with van der Waals surface area (Å²) < 4.78 is 2.03. The maximum Gasteiger partial charge on any atom is 0.0991 e. The minimum absolute atomic E-state index is 0.166. The van der Waals surface area contributed by atoms with Crippen LogP contribution >= 0.6 is 0 Å². The third-order valence-corrected chi connectivity index (χ3v) is 4.79. The molecule has 1 aromatic carbocycles. The van der Waals surface area contributed by atoms with Gasteiger partial charge in [0.2, 0.25) is 0 Å². The average molecular weight is 305 g/mol. The second-order valence-corrected chi connectivity index (χ2v) is 7.13. The van der Waals surface area contributed by atoms with Gasteiger partial charge in [0.05, 0.1) is 28.7 Å². The van der Waals surface area contributed by atoms with Crippen molar-refractivity contribution in [2.75, 3.05) is 0 Å². The Kier molecular flexibility index (Phi) is 3.85. The number of nitriles is 1. The first-order valence-corrected chi connectivity index (χ1v) is 8.20. The minimum Gasteiger partial charge on any atom is -0.233 e. The zero-order chi connectivity index (χ0) is 16.6. The lowest BCUT2D eigenvalue weighted by molar-refractivity contribution is 0.414. The first kappa shape index (κ1) is 15.6. The molecule has 0 bridgehead atoms. The number of hydrogen-bond acceptors (Lipinski definition) is 2. The Hall–Kier alpha value is -2.34. The highest BCUT2D eigenvalue weighted by Gasteiger charge is 2.31. The second-order valence-electron chi connectivity index (χ2n) is 7.13. The van der Waals surface area contributed by atoms with Gasteiger partial charge in [-0.1, -0.05) is 19.4 Å². The Bertz CT molecular complexity index is 798. The summed E-state index contributed by atoms with van der Waals surface area (Å²) in [6, 6.07) is 12.0. The summed E-state index contributed by atoms with van der Waals surface area (Å²) in [5, 5.41) is 13.7. The molecule has 1 aromatic heterocycles. The monoisotopic (exact) mass is 305 g/mol. The van der Waals surface area contributed by atoms with E-state index >= 15 is 0 Å². The van der Waals surface area contributed by atoms with Crippen LogP contribution in [0.5, 0.6) is 0 Å². The van der Waals surface area contributed by atoms with Gasteiger partial charge in [-0.05, 0) is 74.4 Å². The zero-order valence-electron chi connectivity index (χ0n) is 14.3. The van der Waals surface area contributed by atoms with Gasteiger partial charge in [-0.25, -0.2) is 4.68 Å². The summed E-state index contributed by atoms with van der Waals surface area (Å²) >= 11 is 0. The number of hydrogen-bond donors (Lipinski definition) is 0. The fraction of sp³-hybridized carbons (Fsp3) is 0.400. The van der Waals surface area contributed by atoms with E-state index in [4.69, 9.17) is 10.4 Å². The normalized spacial score (nSPS) is 17.2. The van der Waals surface area contributed by atoms with Crippen molar-refractivity contribution < 1.29 is 0 Å². The lowest BCUT2D eigenvalue weighted by atomic mass is 9.71. The van der Waals surface area contributed by atoms with Gasteiger partial charge >= 0.3 is 0 Å². The molecule has 0 radical (unpaired) electrons. The van der Waals surface area contributed by atoms with Gasteiger partial charge in [0.1, 0.15) is 0 Å². The molecule has 0 N–H and O–H groups in total. The number of benzene rings is 1. The molecule has 2 aromatic rings. The quantitative estimate of drug-likeness (QED) is 0.780. The molecule has 0 saturated heterocycles. The van der Waals surface area contributed by atoms with Crippen LogP contribution in [0, 0.1) is 23.7 Å². The summed E-state index contributed by atoms with van der Waals surface area (Å²) in [6.07, 6.45) is 3.62. The largest absolute Gasteiger partial charge is 0.233 e. The Morgan fingerprint density at radius 3 is 2.48 bits per heavy atom. The van der Waals surface area contributed by atoms with Crippen molar-refractivity contribution in [1.82, 2.24) is 9.78 Å². The van der Waals surface area contributed by atoms with Gasteiger partial charge in [-0.2, -0.15) is 10.4 Å². The average Bonchev–Trinajstić information content (AvgIpc) is 2.88. The fourth-order valence-corrected chi connectivity index (χ4v) is 3.74. The van der Waals surface area contributed by atoms with Gasteiger partial charge in [0.25, 0.3) is 0 Å². The maximum absolute atomic E-state index is 8.99. The molecule has 1 aliphatic carbocycles. The molecular weight excluding hydrogens is 282 g/mol. The highest BCUT2D eigenvalue weighted by Crippen LogP contribution is 2.46. The second kappa shape index (κ2) is 5.70. The Labute approximate surface area is 138 Å². The highest BCUT2D eigenvalue weighted by atomic mass is 15.3. The predicted octanol–water partition coefficient (Wildman–Crippen LogP) is 5.04. The molecule has 23 heavy (non-hydrogen) atoms. The summed E-state index contributed by atoms with van der Waals surface area (Å²) in [5.74, 6) is 0. The van der Waals surface area contributed by atoms with Crippen molar-refractivity contribution in [3.8, 4) is 11.8 Å². The van der Waals surface area contributed by atoms with E-state index in [1.54, 1.807) is 0 Å². The molecule has 3 heteroatoms. The van der Waals surface area contributed by atoms with Crippen LogP contribution in [0.3, 0.4) is 0 Å². The van der Waals surface area contributed by atoms with Crippen molar-refractivity contribution >= 4 is 5.57 Å². The van der Waals surface area contributed by atoms with E-state index in [0.29, 0.717) is 5.56 Å². The maximum atomic E-state index is 8.99. The van der Waals surface area contributed by atoms with E-state index in [2.05, 4.69) is 32.9 Å². The first-order chi connectivity index (χ1) is 10.9. The Balaban J connectivity index is 2.16. The zero-order valence-corrected chi connectivity index (χ0v) is 14.3. The minimum atomic E-state index is 0.166. The van der Waals surface area contributed by atoms with Crippen LogP contribution < -0.4 is 0 Å². The molecule has 118 valence electrons. The summed E-state index contributed by atoms with van der Waals surface area (Å²) in [7, 11) is 0. The molecule has 1 aliphatic rings. The lowest BCUT2D eigenvalue weighted by Crippen LogP contribution is -2.21. The molecule has 0 spiro atoms. The van der Waals surface area contributed by atoms with Crippen molar-refractivity contribution in [3.63, 3.8) is 0 Å². The molecule has 1 heterocycles. The van der Waals surface area contributed by atoms with Crippen molar-refractivity contribution in [2.45, 2.75) is 47.0 Å². The summed E-state index contributed by atoms with van der Waals surface area (Å²) in [5.41, 5.74) is 6.95. The fourth-order valence-electron chi connectivity index (χ4n) is 3.74. The Morgan fingerprint density at radius 2 is 1.87 bits per heavy atom. The summed E-state index contributed by atoms with van der Waals surface area (Å²) in [6.45, 7) is 8.95. The van der Waals surface area contributed by atoms with Crippen LogP contribution in [0.2, 0.25) is 0 Å². The van der Waals surface area contributed by atoms with Gasteiger partial charge in [0, 0.05) is 0 Å². The van der Waals surface area contributed by atoms with E-state index in [0.717, 1.165) is 17.8 Å². The van der Waals surface area contributed by atoms with Crippen molar-refractivity contribution in [1.29, 1.82) is 5.26 Å². The van der Waals surface area contributed by atoms with E-state index in [9.17, 15) is 0 Å². The molecule has 3 rings (SSSR count). The van der Waals surface area contributed by atoms with Crippen molar-refractivity contribution in [3.05, 3.63) is 52.9 Å². The standard InChI is InChI=1S/C20H23N3/c1-14-6-5-11-20(3,4)19(14)18-12-15(2)22-23(18)17-9-7-16(13-21)8-10-17/h7-10,12H,5-6,11H2,1-4H3. The van der Waals surface area contributed by atoms with Crippen LogP contribution in [0.4, 0.5) is 0 Å². The van der Waals surface area contributed by atoms with Gasteiger partial charge in [0.15, 0.2) is 0 Å². The SMILES string of the molecule is CC1=C(c2cc(C)nn2-c2ccc(C#N)cc2)C(C)(C)CCC1.